The Balaban J connectivity index is 2.10. The average Bonchev–Trinajstić information content (AvgIpc) is 2.79. The zero-order valence-electron chi connectivity index (χ0n) is 10.8. The van der Waals surface area contributed by atoms with Crippen molar-refractivity contribution in [3.05, 3.63) is 53.1 Å². The zero-order chi connectivity index (χ0) is 13.2. The Hall–Kier alpha value is -2.49. The number of aromatic nitrogens is 3. The van der Waals surface area contributed by atoms with Gasteiger partial charge in [0, 0.05) is 0 Å². The van der Waals surface area contributed by atoms with Crippen molar-refractivity contribution in [3.8, 4) is 0 Å². The van der Waals surface area contributed by atoms with Gasteiger partial charge in [0.2, 0.25) is 0 Å². The SMILES string of the molecule is Cc1nc(/C=C/c2ccccc2)c2c(C)noc2n1. The van der Waals surface area contributed by atoms with Crippen molar-refractivity contribution in [2.45, 2.75) is 13.8 Å². The molecule has 3 rings (SSSR count). The molecule has 0 radical (unpaired) electrons. The molecule has 3 aromatic rings. The fourth-order valence-electron chi connectivity index (χ4n) is 1.99. The van der Waals surface area contributed by atoms with Crippen LogP contribution in [-0.4, -0.2) is 15.1 Å². The molecule has 0 spiro atoms. The van der Waals surface area contributed by atoms with E-state index in [2.05, 4.69) is 15.1 Å². The first-order chi connectivity index (χ1) is 9.24. The molecule has 0 bridgehead atoms. The molecule has 0 amide bonds. The van der Waals surface area contributed by atoms with E-state index in [0.29, 0.717) is 11.5 Å². The molecule has 4 nitrogen and oxygen atoms in total. The Bertz CT molecular complexity index is 745. The number of aryl methyl sites for hydroxylation is 2. The van der Waals surface area contributed by atoms with Crippen LogP contribution in [-0.2, 0) is 0 Å². The second kappa shape index (κ2) is 4.65. The zero-order valence-corrected chi connectivity index (χ0v) is 10.8. The molecule has 2 aromatic heterocycles. The molecule has 19 heavy (non-hydrogen) atoms. The van der Waals surface area contributed by atoms with Crippen molar-refractivity contribution >= 4 is 23.3 Å². The summed E-state index contributed by atoms with van der Waals surface area (Å²) in [6.45, 7) is 3.74. The van der Waals surface area contributed by atoms with Crippen molar-refractivity contribution in [2.24, 2.45) is 0 Å². The Morgan fingerprint density at radius 1 is 1.00 bits per heavy atom. The molecule has 0 atom stereocenters. The van der Waals surface area contributed by atoms with Crippen LogP contribution in [0.25, 0.3) is 23.3 Å². The molecule has 0 unspecified atom stereocenters. The number of nitrogens with zero attached hydrogens (tertiary/aromatic N) is 3. The van der Waals surface area contributed by atoms with Gasteiger partial charge >= 0.3 is 0 Å². The van der Waals surface area contributed by atoms with E-state index >= 15 is 0 Å². The number of fused-ring (bicyclic) bond motifs is 1. The van der Waals surface area contributed by atoms with Crippen LogP contribution in [0, 0.1) is 13.8 Å². The van der Waals surface area contributed by atoms with Crippen molar-refractivity contribution in [1.29, 1.82) is 0 Å². The van der Waals surface area contributed by atoms with Gasteiger partial charge in [0.1, 0.15) is 5.82 Å². The number of hydrogen-bond donors (Lipinski definition) is 0. The summed E-state index contributed by atoms with van der Waals surface area (Å²) in [6.07, 6.45) is 3.99. The minimum Gasteiger partial charge on any atom is -0.335 e. The maximum absolute atomic E-state index is 5.19. The quantitative estimate of drug-likeness (QED) is 0.700. The van der Waals surface area contributed by atoms with E-state index in [4.69, 9.17) is 4.52 Å². The van der Waals surface area contributed by atoms with Crippen LogP contribution in [0.15, 0.2) is 34.9 Å². The summed E-state index contributed by atoms with van der Waals surface area (Å²) < 4.78 is 5.19. The van der Waals surface area contributed by atoms with E-state index in [1.165, 1.54) is 0 Å². The summed E-state index contributed by atoms with van der Waals surface area (Å²) in [7, 11) is 0. The van der Waals surface area contributed by atoms with Gasteiger partial charge in [-0.25, -0.2) is 4.98 Å². The van der Waals surface area contributed by atoms with Crippen LogP contribution < -0.4 is 0 Å². The van der Waals surface area contributed by atoms with E-state index < -0.39 is 0 Å². The van der Waals surface area contributed by atoms with Gasteiger partial charge in [0.15, 0.2) is 0 Å². The first kappa shape index (κ1) is 11.6. The van der Waals surface area contributed by atoms with E-state index in [1.807, 2.05) is 56.3 Å². The van der Waals surface area contributed by atoms with Crippen LogP contribution in [0.2, 0.25) is 0 Å². The average molecular weight is 251 g/mol. The maximum atomic E-state index is 5.19. The standard InChI is InChI=1S/C15H13N3O/c1-10-14-13(9-8-12-6-4-3-5-7-12)16-11(2)17-15(14)19-18-10/h3-9H,1-2H3/b9-8+. The topological polar surface area (TPSA) is 51.8 Å². The highest BCUT2D eigenvalue weighted by Gasteiger charge is 2.11. The van der Waals surface area contributed by atoms with Crippen LogP contribution >= 0.6 is 0 Å². The third-order valence-electron chi connectivity index (χ3n) is 2.88. The Morgan fingerprint density at radius 3 is 2.58 bits per heavy atom. The van der Waals surface area contributed by atoms with E-state index in [9.17, 15) is 0 Å². The number of hydrogen-bond acceptors (Lipinski definition) is 4. The molecular weight excluding hydrogens is 238 g/mol. The lowest BCUT2D eigenvalue weighted by atomic mass is 10.1. The van der Waals surface area contributed by atoms with Gasteiger partial charge in [0.25, 0.3) is 5.71 Å². The molecule has 1 aromatic carbocycles. The van der Waals surface area contributed by atoms with Gasteiger partial charge in [-0.2, -0.15) is 4.98 Å². The molecule has 0 fully saturated rings. The first-order valence-electron chi connectivity index (χ1n) is 6.08. The van der Waals surface area contributed by atoms with Gasteiger partial charge < -0.3 is 4.52 Å². The van der Waals surface area contributed by atoms with Crippen LogP contribution in [0.4, 0.5) is 0 Å². The first-order valence-corrected chi connectivity index (χ1v) is 6.08. The smallest absolute Gasteiger partial charge is 0.261 e. The lowest BCUT2D eigenvalue weighted by molar-refractivity contribution is 0.442. The Labute approximate surface area is 110 Å². The molecule has 0 N–H and O–H groups in total. The fourth-order valence-corrected chi connectivity index (χ4v) is 1.99. The molecule has 0 aliphatic heterocycles. The predicted octanol–water partition coefficient (Wildman–Crippen LogP) is 3.41. The van der Waals surface area contributed by atoms with Crippen LogP contribution in [0.5, 0.6) is 0 Å². The number of benzene rings is 1. The second-order valence-corrected chi connectivity index (χ2v) is 4.35. The monoisotopic (exact) mass is 251 g/mol. The third kappa shape index (κ3) is 2.25. The van der Waals surface area contributed by atoms with Crippen LogP contribution in [0.1, 0.15) is 22.8 Å². The molecular formula is C15H13N3O. The minimum absolute atomic E-state index is 0.540. The van der Waals surface area contributed by atoms with Crippen molar-refractivity contribution in [1.82, 2.24) is 15.1 Å². The molecule has 94 valence electrons. The third-order valence-corrected chi connectivity index (χ3v) is 2.88. The highest BCUT2D eigenvalue weighted by Crippen LogP contribution is 2.21. The normalized spacial score (nSPS) is 11.5. The summed E-state index contributed by atoms with van der Waals surface area (Å²) in [4.78, 5) is 8.69. The lowest BCUT2D eigenvalue weighted by Crippen LogP contribution is -1.92. The van der Waals surface area contributed by atoms with Crippen molar-refractivity contribution in [2.75, 3.05) is 0 Å². The lowest BCUT2D eigenvalue weighted by Gasteiger charge is -1.98. The summed E-state index contributed by atoms with van der Waals surface area (Å²) >= 11 is 0. The van der Waals surface area contributed by atoms with E-state index in [-0.39, 0.29) is 0 Å². The van der Waals surface area contributed by atoms with Gasteiger partial charge in [0.05, 0.1) is 16.8 Å². The highest BCUT2D eigenvalue weighted by atomic mass is 16.5. The summed E-state index contributed by atoms with van der Waals surface area (Å²) in [6, 6.07) is 10.1. The van der Waals surface area contributed by atoms with Gasteiger partial charge in [-0.15, -0.1) is 0 Å². The Kier molecular flexibility index (Phi) is 2.83. The molecule has 2 heterocycles. The van der Waals surface area contributed by atoms with Gasteiger partial charge in [-0.05, 0) is 25.5 Å². The summed E-state index contributed by atoms with van der Waals surface area (Å²) in [5.41, 5.74) is 3.31. The van der Waals surface area contributed by atoms with Gasteiger partial charge in [-0.3, -0.25) is 0 Å². The second-order valence-electron chi connectivity index (χ2n) is 4.35. The molecule has 0 saturated heterocycles. The predicted molar refractivity (Wildman–Crippen MR) is 74.4 cm³/mol. The number of rotatable bonds is 2. The van der Waals surface area contributed by atoms with Crippen molar-refractivity contribution < 1.29 is 4.52 Å². The summed E-state index contributed by atoms with van der Waals surface area (Å²) in [5, 5.41) is 4.81. The highest BCUT2D eigenvalue weighted by molar-refractivity contribution is 5.87. The molecule has 0 aliphatic rings. The largest absolute Gasteiger partial charge is 0.335 e. The minimum atomic E-state index is 0.540. The molecule has 0 aliphatic carbocycles. The van der Waals surface area contributed by atoms with Gasteiger partial charge in [-0.1, -0.05) is 41.6 Å². The molecule has 0 saturated carbocycles. The maximum Gasteiger partial charge on any atom is 0.261 e. The fraction of sp³-hybridized carbons (Fsp3) is 0.133. The van der Waals surface area contributed by atoms with E-state index in [0.717, 1.165) is 22.3 Å². The van der Waals surface area contributed by atoms with Crippen molar-refractivity contribution in [3.63, 3.8) is 0 Å². The van der Waals surface area contributed by atoms with Crippen LogP contribution in [0.3, 0.4) is 0 Å². The summed E-state index contributed by atoms with van der Waals surface area (Å²) in [5.74, 6) is 0.677. The Morgan fingerprint density at radius 2 is 1.79 bits per heavy atom. The molecule has 4 heteroatoms. The van der Waals surface area contributed by atoms with E-state index in [1.54, 1.807) is 0 Å².